The molecule has 0 bridgehead atoms. The second kappa shape index (κ2) is 5.06. The van der Waals surface area contributed by atoms with Gasteiger partial charge in [0, 0.05) is 22.9 Å². The van der Waals surface area contributed by atoms with Crippen molar-refractivity contribution in [1.82, 2.24) is 4.98 Å². The lowest BCUT2D eigenvalue weighted by atomic mass is 9.94. The van der Waals surface area contributed by atoms with E-state index in [-0.39, 0.29) is 5.54 Å². The average molecular weight is 272 g/mol. The van der Waals surface area contributed by atoms with Gasteiger partial charge in [0.1, 0.15) is 0 Å². The second-order valence-corrected chi connectivity index (χ2v) is 6.82. The molecule has 100 valence electrons. The molecule has 1 aliphatic rings. The van der Waals surface area contributed by atoms with Crippen molar-refractivity contribution in [3.05, 3.63) is 40.7 Å². The molecule has 2 atom stereocenters. The second-order valence-electron chi connectivity index (χ2n) is 5.88. The molecule has 0 spiro atoms. The normalized spacial score (nSPS) is 26.7. The van der Waals surface area contributed by atoms with Gasteiger partial charge in [-0.3, -0.25) is 0 Å². The van der Waals surface area contributed by atoms with Crippen LogP contribution in [-0.4, -0.2) is 10.5 Å². The molecular formula is C16H20N2S. The fourth-order valence-corrected chi connectivity index (χ4v) is 3.99. The number of thiazole rings is 1. The first-order valence-electron chi connectivity index (χ1n) is 6.93. The van der Waals surface area contributed by atoms with Crippen molar-refractivity contribution in [3.63, 3.8) is 0 Å². The Bertz CT molecular complexity index is 549. The molecule has 2 nitrogen and oxygen atoms in total. The standard InChI is InChI=1S/C16H20N2S/c1-12-7-8-16(17,9-12)10-15-18-14(11-19-15)13-5-3-2-4-6-13/h2-6,11-12H,7-10,17H2,1H3. The van der Waals surface area contributed by atoms with Crippen LogP contribution < -0.4 is 5.73 Å². The fourth-order valence-electron chi connectivity index (χ4n) is 3.03. The molecule has 0 radical (unpaired) electrons. The molecule has 1 aromatic heterocycles. The molecule has 1 fully saturated rings. The summed E-state index contributed by atoms with van der Waals surface area (Å²) in [5.74, 6) is 0.763. The lowest BCUT2D eigenvalue weighted by Crippen LogP contribution is -2.39. The molecule has 2 N–H and O–H groups in total. The minimum Gasteiger partial charge on any atom is -0.325 e. The fraction of sp³-hybridized carbons (Fsp3) is 0.438. The smallest absolute Gasteiger partial charge is 0.0950 e. The van der Waals surface area contributed by atoms with Gasteiger partial charge in [0.05, 0.1) is 10.7 Å². The van der Waals surface area contributed by atoms with E-state index in [2.05, 4.69) is 36.6 Å². The Balaban J connectivity index is 1.75. The maximum Gasteiger partial charge on any atom is 0.0950 e. The highest BCUT2D eigenvalue weighted by Gasteiger charge is 2.34. The maximum absolute atomic E-state index is 6.50. The minimum atomic E-state index is -0.0226. The van der Waals surface area contributed by atoms with E-state index in [1.54, 1.807) is 11.3 Å². The third kappa shape index (κ3) is 2.88. The molecule has 0 amide bonds. The molecule has 0 aliphatic heterocycles. The molecule has 3 heteroatoms. The van der Waals surface area contributed by atoms with Crippen LogP contribution in [0.15, 0.2) is 35.7 Å². The Kier molecular flexibility index (Phi) is 3.42. The van der Waals surface area contributed by atoms with E-state index in [1.165, 1.54) is 17.0 Å². The number of nitrogens with two attached hydrogens (primary N) is 1. The van der Waals surface area contributed by atoms with Gasteiger partial charge in [-0.05, 0) is 25.2 Å². The average Bonchev–Trinajstić information content (AvgIpc) is 2.98. The Labute approximate surface area is 118 Å². The summed E-state index contributed by atoms with van der Waals surface area (Å²) in [6.45, 7) is 2.30. The zero-order chi connectivity index (χ0) is 13.3. The SMILES string of the molecule is CC1CCC(N)(Cc2nc(-c3ccccc3)cs2)C1. The highest BCUT2D eigenvalue weighted by atomic mass is 32.1. The van der Waals surface area contributed by atoms with E-state index < -0.39 is 0 Å². The Morgan fingerprint density at radius 1 is 1.37 bits per heavy atom. The van der Waals surface area contributed by atoms with Crippen LogP contribution in [0.3, 0.4) is 0 Å². The van der Waals surface area contributed by atoms with E-state index in [0.29, 0.717) is 0 Å². The number of rotatable bonds is 3. The Hall–Kier alpha value is -1.19. The summed E-state index contributed by atoms with van der Waals surface area (Å²) in [4.78, 5) is 4.75. The summed E-state index contributed by atoms with van der Waals surface area (Å²) in [6, 6.07) is 10.4. The van der Waals surface area contributed by atoms with Crippen molar-refractivity contribution in [1.29, 1.82) is 0 Å². The highest BCUT2D eigenvalue weighted by Crippen LogP contribution is 2.35. The van der Waals surface area contributed by atoms with Crippen molar-refractivity contribution in [2.24, 2.45) is 11.7 Å². The molecule has 1 saturated carbocycles. The zero-order valence-corrected chi connectivity index (χ0v) is 12.1. The van der Waals surface area contributed by atoms with E-state index >= 15 is 0 Å². The third-order valence-corrected chi connectivity index (χ3v) is 4.86. The van der Waals surface area contributed by atoms with Gasteiger partial charge in [0.15, 0.2) is 0 Å². The summed E-state index contributed by atoms with van der Waals surface area (Å²) >= 11 is 1.74. The quantitative estimate of drug-likeness (QED) is 0.921. The number of benzene rings is 1. The lowest BCUT2D eigenvalue weighted by Gasteiger charge is -2.22. The van der Waals surface area contributed by atoms with Crippen molar-refractivity contribution < 1.29 is 0 Å². The van der Waals surface area contributed by atoms with Gasteiger partial charge in [-0.15, -0.1) is 11.3 Å². The van der Waals surface area contributed by atoms with Crippen molar-refractivity contribution in [3.8, 4) is 11.3 Å². The van der Waals surface area contributed by atoms with Crippen LogP contribution in [0.1, 0.15) is 31.2 Å². The summed E-state index contributed by atoms with van der Waals surface area (Å²) in [5, 5.41) is 3.32. The summed E-state index contributed by atoms with van der Waals surface area (Å²) in [7, 11) is 0. The summed E-state index contributed by atoms with van der Waals surface area (Å²) in [6.07, 6.45) is 4.45. The number of hydrogen-bond acceptors (Lipinski definition) is 3. The monoisotopic (exact) mass is 272 g/mol. The van der Waals surface area contributed by atoms with Crippen LogP contribution in [0.2, 0.25) is 0 Å². The van der Waals surface area contributed by atoms with Gasteiger partial charge < -0.3 is 5.73 Å². The molecule has 1 heterocycles. The molecule has 1 aliphatic carbocycles. The van der Waals surface area contributed by atoms with Gasteiger partial charge in [0.2, 0.25) is 0 Å². The molecular weight excluding hydrogens is 252 g/mol. The summed E-state index contributed by atoms with van der Waals surface area (Å²) < 4.78 is 0. The van der Waals surface area contributed by atoms with Gasteiger partial charge in [0.25, 0.3) is 0 Å². The zero-order valence-electron chi connectivity index (χ0n) is 11.3. The topological polar surface area (TPSA) is 38.9 Å². The third-order valence-electron chi connectivity index (χ3n) is 4.01. The number of nitrogens with zero attached hydrogens (tertiary/aromatic N) is 1. The van der Waals surface area contributed by atoms with Crippen molar-refractivity contribution >= 4 is 11.3 Å². The van der Waals surface area contributed by atoms with Crippen LogP contribution >= 0.6 is 11.3 Å². The van der Waals surface area contributed by atoms with Crippen LogP contribution in [0, 0.1) is 5.92 Å². The highest BCUT2D eigenvalue weighted by molar-refractivity contribution is 7.09. The first-order chi connectivity index (χ1) is 9.15. The molecule has 0 saturated heterocycles. The van der Waals surface area contributed by atoms with E-state index in [9.17, 15) is 0 Å². The minimum absolute atomic E-state index is 0.0226. The molecule has 3 rings (SSSR count). The first-order valence-corrected chi connectivity index (χ1v) is 7.81. The van der Waals surface area contributed by atoms with Crippen molar-refractivity contribution in [2.45, 2.75) is 38.1 Å². The van der Waals surface area contributed by atoms with E-state index in [1.807, 2.05) is 6.07 Å². The molecule has 19 heavy (non-hydrogen) atoms. The van der Waals surface area contributed by atoms with Crippen molar-refractivity contribution in [2.75, 3.05) is 0 Å². The van der Waals surface area contributed by atoms with Gasteiger partial charge in [-0.25, -0.2) is 4.98 Å². The van der Waals surface area contributed by atoms with Gasteiger partial charge >= 0.3 is 0 Å². The summed E-state index contributed by atoms with van der Waals surface area (Å²) in [5.41, 5.74) is 8.74. The van der Waals surface area contributed by atoms with Crippen LogP contribution in [0.25, 0.3) is 11.3 Å². The number of hydrogen-bond donors (Lipinski definition) is 1. The first kappa shape index (κ1) is 12.8. The van der Waals surface area contributed by atoms with Gasteiger partial charge in [-0.2, -0.15) is 0 Å². The predicted octanol–water partition coefficient (Wildman–Crippen LogP) is 3.87. The van der Waals surface area contributed by atoms with Gasteiger partial charge in [-0.1, -0.05) is 37.3 Å². The molecule has 1 aromatic carbocycles. The van der Waals surface area contributed by atoms with E-state index in [0.717, 1.165) is 30.9 Å². The van der Waals surface area contributed by atoms with Crippen LogP contribution in [-0.2, 0) is 6.42 Å². The van der Waals surface area contributed by atoms with E-state index in [4.69, 9.17) is 10.7 Å². The molecule has 2 unspecified atom stereocenters. The Morgan fingerprint density at radius 2 is 2.16 bits per heavy atom. The molecule has 2 aromatic rings. The van der Waals surface area contributed by atoms with Crippen LogP contribution in [0.5, 0.6) is 0 Å². The largest absolute Gasteiger partial charge is 0.325 e. The van der Waals surface area contributed by atoms with Crippen LogP contribution in [0.4, 0.5) is 0 Å². The predicted molar refractivity (Wildman–Crippen MR) is 81.2 cm³/mol. The number of aromatic nitrogens is 1. The maximum atomic E-state index is 6.50. The lowest BCUT2D eigenvalue weighted by molar-refractivity contribution is 0.418. The Morgan fingerprint density at radius 3 is 2.84 bits per heavy atom.